The summed E-state index contributed by atoms with van der Waals surface area (Å²) in [6, 6.07) is 12.5. The van der Waals surface area contributed by atoms with Crippen molar-refractivity contribution < 1.29 is 9.18 Å². The van der Waals surface area contributed by atoms with Crippen molar-refractivity contribution in [3.05, 3.63) is 82.2 Å². The summed E-state index contributed by atoms with van der Waals surface area (Å²) in [6.45, 7) is 9.36. The molecule has 3 heterocycles. The predicted molar refractivity (Wildman–Crippen MR) is 169 cm³/mol. The molecule has 12 heteroatoms. The molecule has 0 spiro atoms. The highest BCUT2D eigenvalue weighted by Crippen LogP contribution is 2.31. The van der Waals surface area contributed by atoms with Gasteiger partial charge in [-0.1, -0.05) is 12.1 Å². The molecule has 5 aromatic rings. The van der Waals surface area contributed by atoms with Crippen LogP contribution in [0.1, 0.15) is 50.9 Å². The monoisotopic (exact) mass is 593 g/mol. The van der Waals surface area contributed by atoms with Crippen molar-refractivity contribution in [1.29, 1.82) is 5.26 Å². The van der Waals surface area contributed by atoms with E-state index in [1.165, 1.54) is 12.1 Å². The number of carbonyl (C=O) groups excluding carboxylic acids is 1. The summed E-state index contributed by atoms with van der Waals surface area (Å²) in [7, 11) is 1.70. The van der Waals surface area contributed by atoms with Gasteiger partial charge in [-0.25, -0.2) is 14.2 Å². The summed E-state index contributed by atoms with van der Waals surface area (Å²) < 4.78 is 18.5. The average Bonchev–Trinajstić information content (AvgIpc) is 3.42. The van der Waals surface area contributed by atoms with E-state index in [0.29, 0.717) is 56.2 Å². The zero-order chi connectivity index (χ0) is 31.7. The van der Waals surface area contributed by atoms with Gasteiger partial charge in [0.1, 0.15) is 17.2 Å². The maximum atomic E-state index is 15.2. The molecule has 0 aliphatic carbocycles. The second-order valence-corrected chi connectivity index (χ2v) is 10.9. The van der Waals surface area contributed by atoms with Crippen LogP contribution >= 0.6 is 0 Å². The maximum Gasteiger partial charge on any atom is 0.323 e. The highest BCUT2D eigenvalue weighted by molar-refractivity contribution is 6.02. The highest BCUT2D eigenvalue weighted by Gasteiger charge is 2.20. The molecule has 2 amide bonds. The fourth-order valence-corrected chi connectivity index (χ4v) is 4.94. The number of urea groups is 1. The number of nitrogens with zero attached hydrogens (tertiary/aromatic N) is 6. The number of amides is 2. The quantitative estimate of drug-likeness (QED) is 0.196. The van der Waals surface area contributed by atoms with Crippen molar-refractivity contribution in [1.82, 2.24) is 24.3 Å². The third kappa shape index (κ3) is 5.72. The van der Waals surface area contributed by atoms with Gasteiger partial charge in [0, 0.05) is 48.0 Å². The Bertz CT molecular complexity index is 2000. The smallest absolute Gasteiger partial charge is 0.323 e. The number of pyridine rings is 1. The number of nitrogens with one attached hydrogen (secondary N) is 3. The van der Waals surface area contributed by atoms with E-state index in [-0.39, 0.29) is 23.3 Å². The van der Waals surface area contributed by atoms with E-state index >= 15 is 4.39 Å². The van der Waals surface area contributed by atoms with E-state index in [4.69, 9.17) is 0 Å². The van der Waals surface area contributed by atoms with E-state index in [1.54, 1.807) is 65.9 Å². The number of nitriles is 1. The Hall–Kier alpha value is -5.57. The van der Waals surface area contributed by atoms with Gasteiger partial charge in [-0.05, 0) is 76.1 Å². The van der Waals surface area contributed by atoms with E-state index in [9.17, 15) is 14.9 Å². The van der Waals surface area contributed by atoms with Gasteiger partial charge >= 0.3 is 6.03 Å². The molecule has 5 rings (SSSR count). The number of hydrogen-bond acceptors (Lipinski definition) is 7. The predicted octanol–water partition coefficient (Wildman–Crippen LogP) is 6.49. The van der Waals surface area contributed by atoms with Crippen LogP contribution in [0.4, 0.5) is 26.5 Å². The molecule has 0 aliphatic rings. The molecule has 3 aromatic heterocycles. The number of benzene rings is 2. The lowest BCUT2D eigenvalue weighted by Crippen LogP contribution is -2.25. The van der Waals surface area contributed by atoms with Gasteiger partial charge in [-0.2, -0.15) is 15.3 Å². The highest BCUT2D eigenvalue weighted by atomic mass is 19.1. The Kier molecular flexibility index (Phi) is 8.13. The fourth-order valence-electron chi connectivity index (χ4n) is 4.94. The molecule has 0 fully saturated rings. The molecule has 0 saturated heterocycles. The number of aromatic nitrogens is 5. The third-order valence-corrected chi connectivity index (χ3v) is 7.14. The van der Waals surface area contributed by atoms with Gasteiger partial charge in [0.15, 0.2) is 0 Å². The first-order valence-corrected chi connectivity index (χ1v) is 14.1. The Balaban J connectivity index is 1.52. The van der Waals surface area contributed by atoms with E-state index < -0.39 is 11.8 Å². The summed E-state index contributed by atoms with van der Waals surface area (Å²) in [4.78, 5) is 35.8. The van der Waals surface area contributed by atoms with Crippen molar-refractivity contribution in [3.63, 3.8) is 0 Å². The normalized spacial score (nSPS) is 11.2. The molecule has 11 nitrogen and oxygen atoms in total. The lowest BCUT2D eigenvalue weighted by atomic mass is 9.99. The summed E-state index contributed by atoms with van der Waals surface area (Å²) in [5.74, 6) is -0.275. The SMILES string of the molecule is CNc1ncc2cc(-c3cc(NC(=O)Nc4cn(C(C)C)nc4-c4cccc(C#N)c4)c(F)cc3C)c(=O)n(C(C)C)c2n1. The van der Waals surface area contributed by atoms with Crippen LogP contribution in [-0.4, -0.2) is 37.4 Å². The second kappa shape index (κ2) is 12.0. The van der Waals surface area contributed by atoms with Gasteiger partial charge < -0.3 is 16.0 Å². The van der Waals surface area contributed by atoms with Gasteiger partial charge in [-0.15, -0.1) is 0 Å². The standard InChI is InChI=1S/C32H32FN9O2/c1-17(2)41-16-27(28(40-41)21-9-7-8-20(11-21)14-34)38-32(44)37-26-13-23(19(5)10-25(26)33)24-12-22-15-36-31(35-6)39-29(22)42(18(3)4)30(24)43/h7-13,15-18H,1-6H3,(H,35,36,39)(H2,37,38,44). The van der Waals surface area contributed by atoms with Gasteiger partial charge in [0.05, 0.1) is 23.0 Å². The average molecular weight is 594 g/mol. The van der Waals surface area contributed by atoms with Crippen LogP contribution < -0.4 is 21.5 Å². The van der Waals surface area contributed by atoms with Gasteiger partial charge in [0.2, 0.25) is 5.95 Å². The van der Waals surface area contributed by atoms with E-state index in [0.717, 1.165) is 0 Å². The zero-order valence-corrected chi connectivity index (χ0v) is 25.2. The minimum absolute atomic E-state index is 0.00400. The summed E-state index contributed by atoms with van der Waals surface area (Å²) in [6.07, 6.45) is 3.31. The Morgan fingerprint density at radius 1 is 1.02 bits per heavy atom. The fraction of sp³-hybridized carbons (Fsp3) is 0.250. The summed E-state index contributed by atoms with van der Waals surface area (Å²) in [5.41, 5.74) is 3.31. The summed E-state index contributed by atoms with van der Waals surface area (Å²) in [5, 5.41) is 22.8. The van der Waals surface area contributed by atoms with Crippen molar-refractivity contribution in [2.24, 2.45) is 0 Å². The molecule has 0 atom stereocenters. The maximum absolute atomic E-state index is 15.2. The lowest BCUT2D eigenvalue weighted by molar-refractivity contribution is 0.262. The van der Waals surface area contributed by atoms with Crippen molar-refractivity contribution in [3.8, 4) is 28.5 Å². The molecular weight excluding hydrogens is 561 g/mol. The number of rotatable bonds is 7. The van der Waals surface area contributed by atoms with Crippen molar-refractivity contribution in [2.75, 3.05) is 23.0 Å². The first kappa shape index (κ1) is 29.9. The molecule has 0 bridgehead atoms. The van der Waals surface area contributed by atoms with E-state index in [1.807, 2.05) is 27.7 Å². The first-order chi connectivity index (χ1) is 21.0. The van der Waals surface area contributed by atoms with Crippen LogP contribution in [0.25, 0.3) is 33.4 Å². The van der Waals surface area contributed by atoms with Crippen LogP contribution in [0.15, 0.2) is 59.7 Å². The van der Waals surface area contributed by atoms with Crippen LogP contribution in [0.2, 0.25) is 0 Å². The molecule has 0 unspecified atom stereocenters. The summed E-state index contributed by atoms with van der Waals surface area (Å²) >= 11 is 0. The number of fused-ring (bicyclic) bond motifs is 1. The van der Waals surface area contributed by atoms with E-state index in [2.05, 4.69) is 37.1 Å². The molecule has 224 valence electrons. The van der Waals surface area contributed by atoms with Gasteiger partial charge in [0.25, 0.3) is 5.56 Å². The first-order valence-electron chi connectivity index (χ1n) is 14.1. The lowest BCUT2D eigenvalue weighted by Gasteiger charge is -2.17. The largest absolute Gasteiger partial charge is 0.357 e. The topological polar surface area (TPSA) is 143 Å². The minimum atomic E-state index is -0.703. The number of hydrogen-bond donors (Lipinski definition) is 3. The zero-order valence-electron chi connectivity index (χ0n) is 25.2. The Morgan fingerprint density at radius 3 is 2.45 bits per heavy atom. The molecule has 0 radical (unpaired) electrons. The van der Waals surface area contributed by atoms with Crippen LogP contribution in [-0.2, 0) is 0 Å². The van der Waals surface area contributed by atoms with Crippen molar-refractivity contribution in [2.45, 2.75) is 46.7 Å². The minimum Gasteiger partial charge on any atom is -0.357 e. The number of halogens is 1. The Labute approximate surface area is 253 Å². The number of carbonyl (C=O) groups is 1. The molecule has 0 aliphatic heterocycles. The third-order valence-electron chi connectivity index (χ3n) is 7.14. The van der Waals surface area contributed by atoms with Crippen LogP contribution in [0.3, 0.4) is 0 Å². The number of aryl methyl sites for hydroxylation is 1. The molecular formula is C32H32FN9O2. The van der Waals surface area contributed by atoms with Crippen molar-refractivity contribution >= 4 is 34.4 Å². The molecule has 3 N–H and O–H groups in total. The molecule has 2 aromatic carbocycles. The molecule has 0 saturated carbocycles. The van der Waals surface area contributed by atoms with Gasteiger partial charge in [-0.3, -0.25) is 14.0 Å². The van der Waals surface area contributed by atoms with Crippen LogP contribution in [0.5, 0.6) is 0 Å². The second-order valence-electron chi connectivity index (χ2n) is 10.9. The number of anilines is 3. The van der Waals surface area contributed by atoms with Crippen LogP contribution in [0, 0.1) is 24.1 Å². The molecule has 44 heavy (non-hydrogen) atoms. The Morgan fingerprint density at radius 2 is 1.77 bits per heavy atom.